The van der Waals surface area contributed by atoms with Gasteiger partial charge in [-0.25, -0.2) is 0 Å². The van der Waals surface area contributed by atoms with Crippen LogP contribution >= 0.6 is 0 Å². The first-order valence-electron chi connectivity index (χ1n) is 6.03. The molecule has 0 spiro atoms. The fourth-order valence-corrected chi connectivity index (χ4v) is 2.84. The van der Waals surface area contributed by atoms with Crippen molar-refractivity contribution in [2.75, 3.05) is 6.54 Å². The zero-order valence-electron chi connectivity index (χ0n) is 10.1. The summed E-state index contributed by atoms with van der Waals surface area (Å²) < 4.78 is 0. The van der Waals surface area contributed by atoms with Crippen LogP contribution in [0.2, 0.25) is 0 Å². The molecule has 1 N–H and O–H groups in total. The third-order valence-corrected chi connectivity index (χ3v) is 3.48. The average Bonchev–Trinajstić information content (AvgIpc) is 2.16. The van der Waals surface area contributed by atoms with Crippen molar-refractivity contribution in [3.8, 4) is 0 Å². The number of hydrogen-bond acceptors (Lipinski definition) is 2. The SMILES string of the molecule is CC[C@H]1[C@H](CC(=O)O)CCCN1C(C)C. The molecule has 0 aromatic heterocycles. The van der Waals surface area contributed by atoms with E-state index in [1.807, 2.05) is 0 Å². The molecule has 0 saturated carbocycles. The summed E-state index contributed by atoms with van der Waals surface area (Å²) in [5, 5.41) is 8.89. The predicted octanol–water partition coefficient (Wildman–Crippen LogP) is 2.36. The molecule has 0 aromatic rings. The zero-order chi connectivity index (χ0) is 11.4. The lowest BCUT2D eigenvalue weighted by Crippen LogP contribution is -2.48. The van der Waals surface area contributed by atoms with Crippen LogP contribution in [0.4, 0.5) is 0 Å². The topological polar surface area (TPSA) is 40.5 Å². The van der Waals surface area contributed by atoms with E-state index in [2.05, 4.69) is 25.7 Å². The third-order valence-electron chi connectivity index (χ3n) is 3.48. The molecular formula is C12H23NO2. The van der Waals surface area contributed by atoms with E-state index in [0.29, 0.717) is 24.4 Å². The summed E-state index contributed by atoms with van der Waals surface area (Å²) in [5.74, 6) is -0.298. The zero-order valence-corrected chi connectivity index (χ0v) is 10.1. The van der Waals surface area contributed by atoms with Gasteiger partial charge in [-0.15, -0.1) is 0 Å². The highest BCUT2D eigenvalue weighted by atomic mass is 16.4. The predicted molar refractivity (Wildman–Crippen MR) is 60.9 cm³/mol. The van der Waals surface area contributed by atoms with Crippen molar-refractivity contribution in [3.63, 3.8) is 0 Å². The van der Waals surface area contributed by atoms with Crippen molar-refractivity contribution in [1.82, 2.24) is 4.90 Å². The molecule has 2 atom stereocenters. The summed E-state index contributed by atoms with van der Waals surface area (Å²) in [7, 11) is 0. The van der Waals surface area contributed by atoms with Crippen LogP contribution in [0, 0.1) is 5.92 Å². The Kier molecular flexibility index (Phi) is 4.58. The molecule has 1 aliphatic rings. The van der Waals surface area contributed by atoms with Crippen molar-refractivity contribution in [1.29, 1.82) is 0 Å². The number of rotatable bonds is 4. The molecule has 0 amide bonds. The number of aliphatic carboxylic acids is 1. The normalized spacial score (nSPS) is 28.3. The Labute approximate surface area is 92.5 Å². The number of piperidine rings is 1. The second-order valence-corrected chi connectivity index (χ2v) is 4.81. The number of nitrogens with zero attached hydrogens (tertiary/aromatic N) is 1. The lowest BCUT2D eigenvalue weighted by molar-refractivity contribution is -0.139. The van der Waals surface area contributed by atoms with Crippen LogP contribution in [-0.4, -0.2) is 34.6 Å². The fourth-order valence-electron chi connectivity index (χ4n) is 2.84. The van der Waals surface area contributed by atoms with Crippen molar-refractivity contribution in [2.45, 2.75) is 58.5 Å². The van der Waals surface area contributed by atoms with Crippen LogP contribution < -0.4 is 0 Å². The van der Waals surface area contributed by atoms with Gasteiger partial charge in [0.2, 0.25) is 0 Å². The Balaban J connectivity index is 2.66. The molecule has 1 rings (SSSR count). The minimum absolute atomic E-state index is 0.335. The second kappa shape index (κ2) is 5.50. The molecule has 0 unspecified atom stereocenters. The van der Waals surface area contributed by atoms with Crippen LogP contribution in [0.15, 0.2) is 0 Å². The lowest BCUT2D eigenvalue weighted by atomic mass is 9.84. The Morgan fingerprint density at radius 1 is 1.53 bits per heavy atom. The van der Waals surface area contributed by atoms with Crippen molar-refractivity contribution in [3.05, 3.63) is 0 Å². The van der Waals surface area contributed by atoms with E-state index in [9.17, 15) is 4.79 Å². The van der Waals surface area contributed by atoms with E-state index < -0.39 is 5.97 Å². The summed E-state index contributed by atoms with van der Waals surface area (Å²) >= 11 is 0. The summed E-state index contributed by atoms with van der Waals surface area (Å²) in [6, 6.07) is 1.00. The van der Waals surface area contributed by atoms with Gasteiger partial charge in [-0.05, 0) is 45.6 Å². The van der Waals surface area contributed by atoms with E-state index >= 15 is 0 Å². The van der Waals surface area contributed by atoms with Gasteiger partial charge >= 0.3 is 5.97 Å². The second-order valence-electron chi connectivity index (χ2n) is 4.81. The number of hydrogen-bond donors (Lipinski definition) is 1. The van der Waals surface area contributed by atoms with Crippen LogP contribution in [0.5, 0.6) is 0 Å². The molecule has 88 valence electrons. The molecule has 1 heterocycles. The van der Waals surface area contributed by atoms with Crippen LogP contribution in [0.25, 0.3) is 0 Å². The van der Waals surface area contributed by atoms with Gasteiger partial charge in [0.15, 0.2) is 0 Å². The molecular weight excluding hydrogens is 190 g/mol. The fraction of sp³-hybridized carbons (Fsp3) is 0.917. The van der Waals surface area contributed by atoms with Gasteiger partial charge in [0, 0.05) is 18.5 Å². The van der Waals surface area contributed by atoms with Crippen LogP contribution in [0.1, 0.15) is 46.5 Å². The Hall–Kier alpha value is -0.570. The Morgan fingerprint density at radius 3 is 2.67 bits per heavy atom. The van der Waals surface area contributed by atoms with Crippen LogP contribution in [0.3, 0.4) is 0 Å². The van der Waals surface area contributed by atoms with Gasteiger partial charge in [0.25, 0.3) is 0 Å². The highest BCUT2D eigenvalue weighted by Crippen LogP contribution is 2.29. The molecule has 15 heavy (non-hydrogen) atoms. The van der Waals surface area contributed by atoms with Crippen molar-refractivity contribution < 1.29 is 9.90 Å². The summed E-state index contributed by atoms with van der Waals surface area (Å²) in [6.07, 6.45) is 3.62. The Bertz CT molecular complexity index is 216. The summed E-state index contributed by atoms with van der Waals surface area (Å²) in [5.41, 5.74) is 0. The van der Waals surface area contributed by atoms with E-state index in [0.717, 1.165) is 25.8 Å². The number of carboxylic acids is 1. The maximum atomic E-state index is 10.8. The molecule has 0 aromatic carbocycles. The highest BCUT2D eigenvalue weighted by Gasteiger charge is 2.32. The smallest absolute Gasteiger partial charge is 0.303 e. The lowest BCUT2D eigenvalue weighted by Gasteiger charge is -2.43. The number of carbonyl (C=O) groups is 1. The first kappa shape index (κ1) is 12.5. The molecule has 1 aliphatic heterocycles. The van der Waals surface area contributed by atoms with Gasteiger partial charge in [0.1, 0.15) is 0 Å². The summed E-state index contributed by atoms with van der Waals surface area (Å²) in [6.45, 7) is 7.70. The average molecular weight is 213 g/mol. The largest absolute Gasteiger partial charge is 0.481 e. The third kappa shape index (κ3) is 3.20. The number of likely N-dealkylation sites (tertiary alicyclic amines) is 1. The monoisotopic (exact) mass is 213 g/mol. The maximum absolute atomic E-state index is 10.8. The van der Waals surface area contributed by atoms with Gasteiger partial charge in [-0.1, -0.05) is 6.92 Å². The van der Waals surface area contributed by atoms with Gasteiger partial charge in [0.05, 0.1) is 0 Å². The molecule has 0 aliphatic carbocycles. The van der Waals surface area contributed by atoms with E-state index in [4.69, 9.17) is 5.11 Å². The van der Waals surface area contributed by atoms with E-state index in [1.54, 1.807) is 0 Å². The molecule has 3 heteroatoms. The molecule has 1 fully saturated rings. The van der Waals surface area contributed by atoms with Crippen molar-refractivity contribution in [2.24, 2.45) is 5.92 Å². The molecule has 3 nitrogen and oxygen atoms in total. The minimum atomic E-state index is -0.649. The van der Waals surface area contributed by atoms with E-state index in [1.165, 1.54) is 0 Å². The summed E-state index contributed by atoms with van der Waals surface area (Å²) in [4.78, 5) is 13.3. The van der Waals surface area contributed by atoms with Crippen molar-refractivity contribution >= 4 is 5.97 Å². The number of carboxylic acid groups (broad SMARTS) is 1. The molecule has 0 bridgehead atoms. The first-order valence-corrected chi connectivity index (χ1v) is 6.03. The highest BCUT2D eigenvalue weighted by molar-refractivity contribution is 5.67. The van der Waals surface area contributed by atoms with Crippen LogP contribution in [-0.2, 0) is 4.79 Å². The van der Waals surface area contributed by atoms with E-state index in [-0.39, 0.29) is 0 Å². The first-order chi connectivity index (χ1) is 7.06. The van der Waals surface area contributed by atoms with Gasteiger partial charge in [-0.2, -0.15) is 0 Å². The maximum Gasteiger partial charge on any atom is 0.303 e. The molecule has 1 saturated heterocycles. The standard InChI is InChI=1S/C12H23NO2/c1-4-11-10(8-12(14)15)6-5-7-13(11)9(2)3/h9-11H,4-8H2,1-3H3,(H,14,15)/t10-,11-/m0/s1. The Morgan fingerprint density at radius 2 is 2.20 bits per heavy atom. The van der Waals surface area contributed by atoms with Gasteiger partial charge in [-0.3, -0.25) is 9.69 Å². The minimum Gasteiger partial charge on any atom is -0.481 e. The van der Waals surface area contributed by atoms with Gasteiger partial charge < -0.3 is 5.11 Å². The quantitative estimate of drug-likeness (QED) is 0.779. The molecule has 0 radical (unpaired) electrons.